The Labute approximate surface area is 230 Å². The molecule has 0 spiro atoms. The molecular formula is C24H49KO4S. The first-order valence-corrected chi connectivity index (χ1v) is 14.0. The van der Waals surface area contributed by atoms with Gasteiger partial charge in [0.25, 0.3) is 0 Å². The van der Waals surface area contributed by atoms with E-state index in [1.165, 1.54) is 51.4 Å². The van der Waals surface area contributed by atoms with Crippen LogP contribution in [-0.4, -0.2) is 29.4 Å². The molecule has 0 saturated heterocycles. The molecular weight excluding hydrogens is 423 g/mol. The maximum absolute atomic E-state index is 11.5. The van der Waals surface area contributed by atoms with E-state index < -0.39 is 15.4 Å². The molecule has 0 bridgehead atoms. The molecule has 2 atom stereocenters. The van der Waals surface area contributed by atoms with Crippen LogP contribution in [0.5, 0.6) is 0 Å². The second kappa shape index (κ2) is 23.7. The van der Waals surface area contributed by atoms with Crippen LogP contribution in [0, 0.1) is 0 Å². The first-order valence-electron chi connectivity index (χ1n) is 12.5. The molecule has 0 aromatic carbocycles. The third kappa shape index (κ3) is 24.2. The van der Waals surface area contributed by atoms with E-state index in [0.717, 1.165) is 64.2 Å². The van der Waals surface area contributed by atoms with E-state index >= 15 is 0 Å². The Morgan fingerprint density at radius 1 is 0.633 bits per heavy atom. The second-order valence-electron chi connectivity index (χ2n) is 8.99. The predicted octanol–water partition coefficient (Wildman–Crippen LogP) is 4.11. The van der Waals surface area contributed by atoms with Gasteiger partial charge in [0.15, 0.2) is 0 Å². The van der Waals surface area contributed by atoms with Crippen LogP contribution in [0.2, 0.25) is 0 Å². The average Bonchev–Trinajstić information content (AvgIpc) is 2.65. The monoisotopic (exact) mass is 472 g/mol. The molecule has 0 radical (unpaired) electrons. The number of hydrogen-bond donors (Lipinski definition) is 1. The van der Waals surface area contributed by atoms with E-state index in [4.69, 9.17) is 0 Å². The van der Waals surface area contributed by atoms with Crippen molar-refractivity contribution in [2.75, 3.05) is 0 Å². The number of aliphatic hydroxyl groups excluding tert-OH is 1. The van der Waals surface area contributed by atoms with E-state index in [1.807, 2.05) is 6.92 Å². The molecule has 6 heteroatoms. The second-order valence-corrected chi connectivity index (χ2v) is 10.6. The third-order valence-electron chi connectivity index (χ3n) is 5.94. The van der Waals surface area contributed by atoms with Crippen molar-refractivity contribution in [2.45, 2.75) is 154 Å². The zero-order chi connectivity index (χ0) is 21.8. The summed E-state index contributed by atoms with van der Waals surface area (Å²) in [5.74, 6) is 0. The normalized spacial score (nSPS) is 13.7. The maximum atomic E-state index is 11.5. The minimum Gasteiger partial charge on any atom is -0.748 e. The number of unbranched alkanes of at least 4 members (excludes halogenated alkanes) is 15. The van der Waals surface area contributed by atoms with Crippen LogP contribution in [0.25, 0.3) is 0 Å². The van der Waals surface area contributed by atoms with Gasteiger partial charge in [0.2, 0.25) is 0 Å². The van der Waals surface area contributed by atoms with Gasteiger partial charge in [-0.2, -0.15) is 0 Å². The summed E-state index contributed by atoms with van der Waals surface area (Å²) in [6.45, 7) is 4.06. The van der Waals surface area contributed by atoms with Crippen LogP contribution in [0.15, 0.2) is 0 Å². The van der Waals surface area contributed by atoms with Crippen LogP contribution in [0.4, 0.5) is 0 Å². The van der Waals surface area contributed by atoms with E-state index in [2.05, 4.69) is 6.92 Å². The fourth-order valence-electron chi connectivity index (χ4n) is 3.99. The summed E-state index contributed by atoms with van der Waals surface area (Å²) in [7, 11) is -4.16. The Kier molecular flexibility index (Phi) is 26.6. The van der Waals surface area contributed by atoms with Crippen molar-refractivity contribution in [3.8, 4) is 0 Å². The van der Waals surface area contributed by atoms with Crippen LogP contribution in [0.1, 0.15) is 142 Å². The molecule has 176 valence electrons. The van der Waals surface area contributed by atoms with E-state index in [0.29, 0.717) is 12.8 Å². The van der Waals surface area contributed by atoms with Crippen molar-refractivity contribution >= 4 is 10.1 Å². The zero-order valence-corrected chi connectivity index (χ0v) is 24.3. The summed E-state index contributed by atoms with van der Waals surface area (Å²) < 4.78 is 34.6. The predicted molar refractivity (Wildman–Crippen MR) is 123 cm³/mol. The molecule has 0 fully saturated rings. The van der Waals surface area contributed by atoms with Crippen LogP contribution < -0.4 is 51.4 Å². The summed E-state index contributed by atoms with van der Waals surface area (Å²) in [4.78, 5) is 0. The molecule has 0 rings (SSSR count). The van der Waals surface area contributed by atoms with Gasteiger partial charge >= 0.3 is 51.4 Å². The summed E-state index contributed by atoms with van der Waals surface area (Å²) >= 11 is 0. The molecule has 0 aliphatic rings. The Hall–Kier alpha value is 1.51. The van der Waals surface area contributed by atoms with Gasteiger partial charge in [-0.05, 0) is 26.2 Å². The topological polar surface area (TPSA) is 77.4 Å². The Balaban J connectivity index is 0. The van der Waals surface area contributed by atoms with Crippen molar-refractivity contribution < 1.29 is 69.5 Å². The van der Waals surface area contributed by atoms with Crippen LogP contribution in [0.3, 0.4) is 0 Å². The van der Waals surface area contributed by atoms with Crippen molar-refractivity contribution in [1.29, 1.82) is 0 Å². The standard InChI is InChI=1S/C24H50O4S.K/c1-3-4-5-6-7-8-9-12-15-18-21-24(29(26,27)28)22-19-16-13-10-11-14-17-20-23(2)25;/h23-25H,3-22H2,1-2H3,(H,26,27,28);/q;+1/p-1. The minimum atomic E-state index is -4.16. The summed E-state index contributed by atoms with van der Waals surface area (Å²) in [6, 6.07) is 0. The molecule has 1 N–H and O–H groups in total. The Morgan fingerprint density at radius 2 is 0.933 bits per heavy atom. The van der Waals surface area contributed by atoms with Crippen molar-refractivity contribution in [3.63, 3.8) is 0 Å². The van der Waals surface area contributed by atoms with E-state index in [-0.39, 0.29) is 57.5 Å². The van der Waals surface area contributed by atoms with E-state index in [9.17, 15) is 18.1 Å². The summed E-state index contributed by atoms with van der Waals surface area (Å²) in [5, 5.41) is 8.54. The molecule has 0 aliphatic carbocycles. The van der Waals surface area contributed by atoms with E-state index in [1.54, 1.807) is 0 Å². The SMILES string of the molecule is CCCCCCCCCCCCC(CCCCCCCCCC(C)O)S(=O)(=O)[O-].[K+]. The van der Waals surface area contributed by atoms with Crippen molar-refractivity contribution in [2.24, 2.45) is 0 Å². The fraction of sp³-hybridized carbons (Fsp3) is 1.00. The third-order valence-corrected chi connectivity index (χ3v) is 7.22. The fourth-order valence-corrected chi connectivity index (χ4v) is 4.90. The molecule has 4 nitrogen and oxygen atoms in total. The molecule has 0 amide bonds. The molecule has 0 saturated carbocycles. The van der Waals surface area contributed by atoms with Gasteiger partial charge in [0, 0.05) is 5.25 Å². The molecule has 30 heavy (non-hydrogen) atoms. The van der Waals surface area contributed by atoms with Gasteiger partial charge in [0.1, 0.15) is 0 Å². The largest absolute Gasteiger partial charge is 1.00 e. The summed E-state index contributed by atoms with van der Waals surface area (Å²) in [5.41, 5.74) is 0. The van der Waals surface area contributed by atoms with Gasteiger partial charge < -0.3 is 9.66 Å². The Morgan fingerprint density at radius 3 is 1.23 bits per heavy atom. The van der Waals surface area contributed by atoms with Gasteiger partial charge in [-0.15, -0.1) is 0 Å². The van der Waals surface area contributed by atoms with Crippen molar-refractivity contribution in [1.82, 2.24) is 0 Å². The van der Waals surface area contributed by atoms with Gasteiger partial charge in [-0.3, -0.25) is 0 Å². The molecule has 0 aliphatic heterocycles. The number of rotatable bonds is 22. The van der Waals surface area contributed by atoms with Crippen LogP contribution in [-0.2, 0) is 10.1 Å². The smallest absolute Gasteiger partial charge is 0.748 e. The average molecular weight is 473 g/mol. The number of hydrogen-bond acceptors (Lipinski definition) is 4. The maximum Gasteiger partial charge on any atom is 1.00 e. The Bertz CT molecular complexity index is 440. The first-order chi connectivity index (χ1) is 13.9. The molecule has 0 aromatic rings. The van der Waals surface area contributed by atoms with Gasteiger partial charge in [-0.1, -0.05) is 116 Å². The zero-order valence-electron chi connectivity index (χ0n) is 20.4. The van der Waals surface area contributed by atoms with Crippen LogP contribution >= 0.6 is 0 Å². The quantitative estimate of drug-likeness (QED) is 0.146. The number of aliphatic hydroxyl groups is 1. The summed E-state index contributed by atoms with van der Waals surface area (Å²) in [6.07, 6.45) is 21.5. The van der Waals surface area contributed by atoms with Crippen molar-refractivity contribution in [3.05, 3.63) is 0 Å². The first kappa shape index (κ1) is 33.7. The van der Waals surface area contributed by atoms with Gasteiger partial charge in [-0.25, -0.2) is 8.42 Å². The minimum absolute atomic E-state index is 0. The molecule has 2 unspecified atom stereocenters. The van der Waals surface area contributed by atoms with Gasteiger partial charge in [0.05, 0.1) is 16.2 Å². The molecule has 0 heterocycles. The molecule has 0 aromatic heterocycles.